The average molecular weight is 487 g/mol. The Morgan fingerprint density at radius 2 is 1.69 bits per heavy atom. The molecule has 1 heterocycles. The monoisotopic (exact) mass is 486 g/mol. The molecule has 2 N–H and O–H groups in total. The quantitative estimate of drug-likeness (QED) is 0.443. The highest BCUT2D eigenvalue weighted by Gasteiger charge is 2.40. The van der Waals surface area contributed by atoms with Gasteiger partial charge in [0.15, 0.2) is 5.78 Å². The molecule has 0 radical (unpaired) electrons. The Hall–Kier alpha value is -3.70. The molecule has 0 saturated carbocycles. The van der Waals surface area contributed by atoms with Crippen molar-refractivity contribution in [3.63, 3.8) is 0 Å². The fourth-order valence-electron chi connectivity index (χ4n) is 5.05. The Balaban J connectivity index is 1.56. The first-order valence-corrected chi connectivity index (χ1v) is 11.9. The summed E-state index contributed by atoms with van der Waals surface area (Å²) in [5.41, 5.74) is 4.94. The number of carbonyl (C=O) groups excluding carboxylic acids is 2. The summed E-state index contributed by atoms with van der Waals surface area (Å²) < 4.78 is 13.4. The smallest absolute Gasteiger partial charge is 0.254 e. The van der Waals surface area contributed by atoms with Crippen molar-refractivity contribution >= 4 is 29.0 Å². The summed E-state index contributed by atoms with van der Waals surface area (Å²) in [6.45, 7) is 1.84. The largest absolute Gasteiger partial charge is 0.362 e. The second-order valence-corrected chi connectivity index (χ2v) is 9.38. The molecule has 3 aromatic rings. The maximum atomic E-state index is 13.6. The number of dihydropyridines is 1. The van der Waals surface area contributed by atoms with Crippen LogP contribution >= 0.6 is 11.6 Å². The van der Waals surface area contributed by atoms with Crippen molar-refractivity contribution in [2.45, 2.75) is 31.6 Å². The van der Waals surface area contributed by atoms with E-state index >= 15 is 0 Å². The summed E-state index contributed by atoms with van der Waals surface area (Å²) >= 11 is 6.32. The molecular formula is C29H24ClFN2O2. The highest BCUT2D eigenvalue weighted by Crippen LogP contribution is 2.46. The maximum Gasteiger partial charge on any atom is 0.254 e. The molecule has 0 fully saturated rings. The van der Waals surface area contributed by atoms with Crippen LogP contribution in [0, 0.1) is 5.82 Å². The number of carbonyl (C=O) groups is 2. The topological polar surface area (TPSA) is 58.2 Å². The van der Waals surface area contributed by atoms with Crippen LogP contribution in [0.2, 0.25) is 5.02 Å². The lowest BCUT2D eigenvalue weighted by atomic mass is 9.71. The van der Waals surface area contributed by atoms with E-state index in [0.717, 1.165) is 16.8 Å². The van der Waals surface area contributed by atoms with Gasteiger partial charge in [0.1, 0.15) is 5.82 Å². The molecular weight excluding hydrogens is 463 g/mol. The van der Waals surface area contributed by atoms with Gasteiger partial charge >= 0.3 is 0 Å². The molecule has 1 amide bonds. The number of ketones is 1. The van der Waals surface area contributed by atoms with E-state index in [1.807, 2.05) is 49.4 Å². The standard InChI is InChI=1S/C29H24ClFN2O2/c1-17-26(29(35)33-23-12-10-22(31)11-13-23)27(19-8-5-9-21(30)14-19)28-24(32-17)15-20(16-25(28)34)18-6-3-2-4-7-18/h2-14,20,27,32H,15-16H2,1H3,(H,33,35)/t20-,27+/m0/s1. The highest BCUT2D eigenvalue weighted by molar-refractivity contribution is 6.30. The van der Waals surface area contributed by atoms with E-state index in [1.54, 1.807) is 12.1 Å². The molecule has 0 saturated heterocycles. The van der Waals surface area contributed by atoms with Crippen molar-refractivity contribution in [1.82, 2.24) is 5.32 Å². The van der Waals surface area contributed by atoms with Gasteiger partial charge in [-0.25, -0.2) is 4.39 Å². The first-order chi connectivity index (χ1) is 16.9. The molecule has 2 aliphatic rings. The molecule has 176 valence electrons. The molecule has 0 unspecified atom stereocenters. The summed E-state index contributed by atoms with van der Waals surface area (Å²) in [6.07, 6.45) is 1.04. The van der Waals surface area contributed by atoms with Gasteiger partial charge in [0.05, 0.1) is 0 Å². The van der Waals surface area contributed by atoms with E-state index in [-0.39, 0.29) is 23.4 Å². The molecule has 0 bridgehead atoms. The number of allylic oxidation sites excluding steroid dienone is 3. The molecule has 0 aromatic heterocycles. The molecule has 3 aromatic carbocycles. The van der Waals surface area contributed by atoms with Crippen LogP contribution in [0.5, 0.6) is 0 Å². The number of anilines is 1. The van der Waals surface area contributed by atoms with Crippen LogP contribution in [-0.4, -0.2) is 11.7 Å². The fourth-order valence-corrected chi connectivity index (χ4v) is 5.25. The third-order valence-electron chi connectivity index (χ3n) is 6.63. The van der Waals surface area contributed by atoms with Crippen LogP contribution in [0.25, 0.3) is 0 Å². The van der Waals surface area contributed by atoms with Gasteiger partial charge < -0.3 is 10.6 Å². The molecule has 5 rings (SSSR count). The van der Waals surface area contributed by atoms with Crippen molar-refractivity contribution in [1.29, 1.82) is 0 Å². The first-order valence-electron chi connectivity index (χ1n) is 11.5. The van der Waals surface area contributed by atoms with E-state index in [2.05, 4.69) is 10.6 Å². The molecule has 2 atom stereocenters. The molecule has 35 heavy (non-hydrogen) atoms. The van der Waals surface area contributed by atoms with Gasteiger partial charge in [-0.3, -0.25) is 9.59 Å². The van der Waals surface area contributed by atoms with Crippen molar-refractivity contribution in [3.8, 4) is 0 Å². The Morgan fingerprint density at radius 3 is 2.40 bits per heavy atom. The second kappa shape index (κ2) is 9.51. The van der Waals surface area contributed by atoms with E-state index in [0.29, 0.717) is 40.4 Å². The van der Waals surface area contributed by atoms with Crippen molar-refractivity contribution in [2.75, 3.05) is 5.32 Å². The molecule has 0 spiro atoms. The Morgan fingerprint density at radius 1 is 0.971 bits per heavy atom. The van der Waals surface area contributed by atoms with Crippen LogP contribution in [0.1, 0.15) is 42.7 Å². The first kappa shape index (κ1) is 23.1. The summed E-state index contributed by atoms with van der Waals surface area (Å²) in [6, 6.07) is 22.9. The van der Waals surface area contributed by atoms with Crippen LogP contribution in [0.4, 0.5) is 10.1 Å². The van der Waals surface area contributed by atoms with Gasteiger partial charge in [-0.2, -0.15) is 0 Å². The number of hydrogen-bond acceptors (Lipinski definition) is 3. The van der Waals surface area contributed by atoms with Gasteiger partial charge in [-0.15, -0.1) is 0 Å². The van der Waals surface area contributed by atoms with Crippen LogP contribution < -0.4 is 10.6 Å². The minimum atomic E-state index is -0.561. The molecule has 1 aliphatic heterocycles. The number of halogens is 2. The number of Topliss-reactive ketones (excluding diaryl/α,β-unsaturated/α-hetero) is 1. The Bertz CT molecular complexity index is 1360. The molecule has 6 heteroatoms. The average Bonchev–Trinajstić information content (AvgIpc) is 2.85. The number of hydrogen-bond donors (Lipinski definition) is 2. The molecule has 1 aliphatic carbocycles. The SMILES string of the molecule is CC1=C(C(=O)Nc2ccc(F)cc2)[C@@H](c2cccc(Cl)c2)C2=C(C[C@H](c3ccccc3)CC2=O)N1. The lowest BCUT2D eigenvalue weighted by Gasteiger charge is -2.37. The summed E-state index contributed by atoms with van der Waals surface area (Å²) in [7, 11) is 0. The minimum Gasteiger partial charge on any atom is -0.362 e. The second-order valence-electron chi connectivity index (χ2n) is 8.94. The lowest BCUT2D eigenvalue weighted by molar-refractivity contribution is -0.116. The van der Waals surface area contributed by atoms with Gasteiger partial charge in [-0.1, -0.05) is 54.1 Å². The van der Waals surface area contributed by atoms with Crippen LogP contribution in [-0.2, 0) is 9.59 Å². The fraction of sp³-hybridized carbons (Fsp3) is 0.172. The minimum absolute atomic E-state index is 0.0113. The third kappa shape index (κ3) is 4.64. The summed E-state index contributed by atoms with van der Waals surface area (Å²) in [5, 5.41) is 6.76. The molecule has 4 nitrogen and oxygen atoms in total. The summed E-state index contributed by atoms with van der Waals surface area (Å²) in [5.74, 6) is -1.22. The van der Waals surface area contributed by atoms with E-state index < -0.39 is 5.92 Å². The number of nitrogens with one attached hydrogen (secondary N) is 2. The van der Waals surface area contributed by atoms with Crippen molar-refractivity contribution in [2.24, 2.45) is 0 Å². The zero-order valence-corrected chi connectivity index (χ0v) is 19.9. The van der Waals surface area contributed by atoms with E-state index in [4.69, 9.17) is 11.6 Å². The Labute approximate surface area is 208 Å². The lowest BCUT2D eigenvalue weighted by Crippen LogP contribution is -2.37. The van der Waals surface area contributed by atoms with Crippen LogP contribution in [0.3, 0.4) is 0 Å². The number of benzene rings is 3. The zero-order chi connectivity index (χ0) is 24.5. The van der Waals surface area contributed by atoms with Gasteiger partial charge in [-0.05, 0) is 66.8 Å². The zero-order valence-electron chi connectivity index (χ0n) is 19.1. The Kier molecular flexibility index (Phi) is 6.27. The maximum absolute atomic E-state index is 13.6. The number of amides is 1. The van der Waals surface area contributed by atoms with Gasteiger partial charge in [0, 0.05) is 45.6 Å². The van der Waals surface area contributed by atoms with Crippen molar-refractivity contribution in [3.05, 3.63) is 123 Å². The summed E-state index contributed by atoms with van der Waals surface area (Å²) in [4.78, 5) is 27.2. The van der Waals surface area contributed by atoms with Crippen molar-refractivity contribution < 1.29 is 14.0 Å². The van der Waals surface area contributed by atoms with Crippen LogP contribution in [0.15, 0.2) is 101 Å². The predicted molar refractivity (Wildman–Crippen MR) is 136 cm³/mol. The predicted octanol–water partition coefficient (Wildman–Crippen LogP) is 6.48. The highest BCUT2D eigenvalue weighted by atomic mass is 35.5. The van der Waals surface area contributed by atoms with E-state index in [1.165, 1.54) is 24.3 Å². The number of rotatable bonds is 4. The van der Waals surface area contributed by atoms with Gasteiger partial charge in [0.25, 0.3) is 5.91 Å². The van der Waals surface area contributed by atoms with Gasteiger partial charge in [0.2, 0.25) is 0 Å². The van der Waals surface area contributed by atoms with E-state index in [9.17, 15) is 14.0 Å². The normalized spacial score (nSPS) is 19.8. The third-order valence-corrected chi connectivity index (χ3v) is 6.86.